The zero-order valence-electron chi connectivity index (χ0n) is 22.4. The fraction of sp³-hybridized carbons (Fsp3) is 0.267. The predicted molar refractivity (Wildman–Crippen MR) is 155 cm³/mol. The minimum absolute atomic E-state index is 0.0326. The van der Waals surface area contributed by atoms with Gasteiger partial charge in [0.15, 0.2) is 0 Å². The molecular formula is C30H33FN8O. The summed E-state index contributed by atoms with van der Waals surface area (Å²) >= 11 is 0. The zero-order chi connectivity index (χ0) is 27.9. The number of nitrogens with zero attached hydrogens (tertiary/aromatic N) is 4. The van der Waals surface area contributed by atoms with E-state index in [0.717, 1.165) is 42.7 Å². The summed E-state index contributed by atoms with van der Waals surface area (Å²) in [6, 6.07) is 18.1. The molecule has 3 heterocycles. The second kappa shape index (κ2) is 12.5. The van der Waals surface area contributed by atoms with Crippen LogP contribution in [-0.4, -0.2) is 51.4 Å². The molecular weight excluding hydrogens is 507 g/mol. The van der Waals surface area contributed by atoms with Crippen LogP contribution in [0.5, 0.6) is 0 Å². The van der Waals surface area contributed by atoms with E-state index in [2.05, 4.69) is 30.9 Å². The summed E-state index contributed by atoms with van der Waals surface area (Å²) in [6.07, 6.45) is 5.99. The van der Waals surface area contributed by atoms with Gasteiger partial charge in [-0.25, -0.2) is 14.4 Å². The van der Waals surface area contributed by atoms with E-state index in [1.165, 1.54) is 6.07 Å². The third kappa shape index (κ3) is 6.89. The van der Waals surface area contributed by atoms with Crippen molar-refractivity contribution in [2.45, 2.75) is 32.2 Å². The number of rotatable bonds is 9. The number of hydrogen-bond donors (Lipinski definition) is 4. The fourth-order valence-electron chi connectivity index (χ4n) is 4.73. The third-order valence-electron chi connectivity index (χ3n) is 7.01. The van der Waals surface area contributed by atoms with Gasteiger partial charge in [0.1, 0.15) is 17.5 Å². The number of anilines is 5. The van der Waals surface area contributed by atoms with Crippen LogP contribution >= 0.6 is 0 Å². The number of pyridine rings is 1. The normalized spacial score (nSPS) is 13.7. The van der Waals surface area contributed by atoms with Crippen molar-refractivity contribution in [1.82, 2.24) is 25.2 Å². The van der Waals surface area contributed by atoms with E-state index in [1.54, 1.807) is 37.5 Å². The fourth-order valence-corrected chi connectivity index (χ4v) is 4.73. The minimum atomic E-state index is -0.252. The molecule has 1 amide bonds. The lowest BCUT2D eigenvalue weighted by atomic mass is 10.0. The first-order chi connectivity index (χ1) is 19.4. The van der Waals surface area contributed by atoms with Crippen molar-refractivity contribution >= 4 is 34.9 Å². The maximum atomic E-state index is 13.5. The number of nitrogens with two attached hydrogens (primary N) is 1. The van der Waals surface area contributed by atoms with Gasteiger partial charge in [0, 0.05) is 48.5 Å². The molecule has 4 aromatic rings. The number of carbonyl (C=O) groups is 1. The van der Waals surface area contributed by atoms with Crippen molar-refractivity contribution in [2.75, 3.05) is 36.0 Å². The van der Waals surface area contributed by atoms with E-state index in [4.69, 9.17) is 5.73 Å². The van der Waals surface area contributed by atoms with Crippen molar-refractivity contribution in [2.24, 2.45) is 0 Å². The molecule has 10 heteroatoms. The quantitative estimate of drug-likeness (QED) is 0.238. The molecule has 2 aromatic heterocycles. The highest BCUT2D eigenvalue weighted by atomic mass is 19.1. The van der Waals surface area contributed by atoms with Crippen molar-refractivity contribution in [1.29, 1.82) is 0 Å². The molecule has 2 aromatic carbocycles. The molecule has 0 spiro atoms. The van der Waals surface area contributed by atoms with E-state index in [0.29, 0.717) is 47.8 Å². The molecule has 0 aliphatic carbocycles. The molecule has 40 heavy (non-hydrogen) atoms. The number of nitrogen functional groups attached to an aromatic ring is 1. The third-order valence-corrected chi connectivity index (χ3v) is 7.01. The molecule has 0 radical (unpaired) electrons. The summed E-state index contributed by atoms with van der Waals surface area (Å²) in [4.78, 5) is 27.9. The average Bonchev–Trinajstić information content (AvgIpc) is 2.97. The number of carbonyl (C=O) groups excluding carboxylic acids is 1. The van der Waals surface area contributed by atoms with Gasteiger partial charge in [-0.3, -0.25) is 4.79 Å². The Kier molecular flexibility index (Phi) is 8.46. The molecule has 1 fully saturated rings. The minimum Gasteiger partial charge on any atom is -0.383 e. The summed E-state index contributed by atoms with van der Waals surface area (Å²) in [6.45, 7) is 3.97. The molecule has 0 bridgehead atoms. The van der Waals surface area contributed by atoms with Crippen LogP contribution in [0.4, 0.5) is 33.3 Å². The Hall–Kier alpha value is -4.57. The Bertz CT molecular complexity index is 1450. The number of aromatic nitrogens is 3. The van der Waals surface area contributed by atoms with E-state index in [-0.39, 0.29) is 11.7 Å². The monoisotopic (exact) mass is 540 g/mol. The van der Waals surface area contributed by atoms with Gasteiger partial charge in [-0.1, -0.05) is 6.07 Å². The van der Waals surface area contributed by atoms with Crippen molar-refractivity contribution in [3.05, 3.63) is 95.6 Å². The number of piperidine rings is 1. The zero-order valence-corrected chi connectivity index (χ0v) is 22.4. The summed E-state index contributed by atoms with van der Waals surface area (Å²) in [7, 11) is 0. The van der Waals surface area contributed by atoms with Gasteiger partial charge >= 0.3 is 0 Å². The van der Waals surface area contributed by atoms with Crippen molar-refractivity contribution in [3.8, 4) is 0 Å². The smallest absolute Gasteiger partial charge is 0.253 e. The molecule has 1 aliphatic heterocycles. The Morgan fingerprint density at radius 1 is 1.00 bits per heavy atom. The lowest BCUT2D eigenvalue weighted by molar-refractivity contribution is 0.0705. The van der Waals surface area contributed by atoms with E-state index >= 15 is 0 Å². The predicted octanol–water partition coefficient (Wildman–Crippen LogP) is 4.83. The van der Waals surface area contributed by atoms with Crippen molar-refractivity contribution < 1.29 is 9.18 Å². The summed E-state index contributed by atoms with van der Waals surface area (Å²) in [5.74, 6) is 1.35. The van der Waals surface area contributed by atoms with Gasteiger partial charge in [-0.15, -0.1) is 0 Å². The molecule has 9 nitrogen and oxygen atoms in total. The van der Waals surface area contributed by atoms with Crippen LogP contribution in [0.15, 0.2) is 73.1 Å². The van der Waals surface area contributed by atoms with Crippen LogP contribution in [0.2, 0.25) is 0 Å². The van der Waals surface area contributed by atoms with Crippen LogP contribution in [0.3, 0.4) is 0 Å². The molecule has 0 saturated carbocycles. The van der Waals surface area contributed by atoms with Gasteiger partial charge in [-0.05, 0) is 98.5 Å². The number of halogens is 1. The Balaban J connectivity index is 1.10. The number of hydrogen-bond acceptors (Lipinski definition) is 8. The van der Waals surface area contributed by atoms with Gasteiger partial charge in [0.25, 0.3) is 5.91 Å². The molecule has 1 aliphatic rings. The molecule has 5 rings (SSSR count). The molecule has 5 N–H and O–H groups in total. The number of likely N-dealkylation sites (tertiary alicyclic amines) is 1. The number of amides is 1. The standard InChI is InChI=1S/C30H33FN8O/c1-20-19-25(8-9-26(20)31)36-27-11-16-35-30(38-27)37-24-6-4-22(5-7-24)29(40)39-17-12-23(13-18-39)33-15-10-21-3-2-14-34-28(21)32/h2-9,11,14,16,19,23,33H,10,12-13,15,17-18H2,1H3,(H2,32,34)(H2,35,36,37,38). The highest BCUT2D eigenvalue weighted by Gasteiger charge is 2.23. The maximum absolute atomic E-state index is 13.5. The second-order valence-corrected chi connectivity index (χ2v) is 9.88. The van der Waals surface area contributed by atoms with Gasteiger partial charge in [0.05, 0.1) is 0 Å². The first-order valence-corrected chi connectivity index (χ1v) is 13.4. The van der Waals surface area contributed by atoms with Crippen LogP contribution in [0.1, 0.15) is 34.3 Å². The van der Waals surface area contributed by atoms with E-state index in [9.17, 15) is 9.18 Å². The van der Waals surface area contributed by atoms with Crippen LogP contribution in [-0.2, 0) is 6.42 Å². The van der Waals surface area contributed by atoms with Crippen molar-refractivity contribution in [3.63, 3.8) is 0 Å². The SMILES string of the molecule is Cc1cc(Nc2ccnc(Nc3ccc(C(=O)N4CCC(NCCc5cccnc5N)CC4)cc3)n2)ccc1F. The summed E-state index contributed by atoms with van der Waals surface area (Å²) in [5, 5.41) is 9.92. The number of nitrogens with one attached hydrogen (secondary N) is 3. The van der Waals surface area contributed by atoms with Gasteiger partial charge < -0.3 is 26.6 Å². The lowest BCUT2D eigenvalue weighted by Crippen LogP contribution is -2.45. The topological polar surface area (TPSA) is 121 Å². The van der Waals surface area contributed by atoms with E-state index in [1.807, 2.05) is 41.3 Å². The van der Waals surface area contributed by atoms with Crippen LogP contribution in [0.25, 0.3) is 0 Å². The lowest BCUT2D eigenvalue weighted by Gasteiger charge is -2.32. The first-order valence-electron chi connectivity index (χ1n) is 13.4. The molecule has 1 saturated heterocycles. The number of benzene rings is 2. The Labute approximate surface area is 233 Å². The average molecular weight is 541 g/mol. The maximum Gasteiger partial charge on any atom is 0.253 e. The summed E-state index contributed by atoms with van der Waals surface area (Å²) < 4.78 is 13.5. The summed E-state index contributed by atoms with van der Waals surface area (Å²) in [5.41, 5.74) is 9.68. The molecule has 0 unspecified atom stereocenters. The molecule has 206 valence electrons. The van der Waals surface area contributed by atoms with E-state index < -0.39 is 0 Å². The highest BCUT2D eigenvalue weighted by Crippen LogP contribution is 2.21. The van der Waals surface area contributed by atoms with Gasteiger partial charge in [-0.2, -0.15) is 4.98 Å². The van der Waals surface area contributed by atoms with Crippen LogP contribution in [0, 0.1) is 12.7 Å². The van der Waals surface area contributed by atoms with Gasteiger partial charge in [0.2, 0.25) is 5.95 Å². The highest BCUT2D eigenvalue weighted by molar-refractivity contribution is 5.94. The van der Waals surface area contributed by atoms with Crippen LogP contribution < -0.4 is 21.7 Å². The Morgan fingerprint density at radius 2 is 1.77 bits per heavy atom. The first kappa shape index (κ1) is 27.0. The largest absolute Gasteiger partial charge is 0.383 e. The second-order valence-electron chi connectivity index (χ2n) is 9.88. The number of aryl methyl sites for hydroxylation is 1. The Morgan fingerprint density at radius 3 is 2.52 bits per heavy atom. The molecule has 0 atom stereocenters.